The van der Waals surface area contributed by atoms with Gasteiger partial charge in [-0.25, -0.2) is 0 Å². The van der Waals surface area contributed by atoms with Crippen LogP contribution >= 0.6 is 0 Å². The number of hydrogen-bond donors (Lipinski definition) is 1. The van der Waals surface area contributed by atoms with Crippen LogP contribution in [0.15, 0.2) is 47.2 Å². The van der Waals surface area contributed by atoms with Gasteiger partial charge >= 0.3 is 0 Å². The molecule has 1 N–H and O–H groups in total. The molecule has 0 aliphatic heterocycles. The van der Waals surface area contributed by atoms with Crippen LogP contribution in [0, 0.1) is 0 Å². The predicted octanol–water partition coefficient (Wildman–Crippen LogP) is 8.19. The average molecular weight is 568 g/mol. The molecule has 0 spiro atoms. The van der Waals surface area contributed by atoms with E-state index in [-0.39, 0.29) is 5.54 Å². The van der Waals surface area contributed by atoms with E-state index < -0.39 is 0 Å². The van der Waals surface area contributed by atoms with E-state index in [1.165, 1.54) is 18.4 Å². The first kappa shape index (κ1) is 42.7. The van der Waals surface area contributed by atoms with Crippen LogP contribution in [0.2, 0.25) is 0 Å². The van der Waals surface area contributed by atoms with Crippen molar-refractivity contribution in [1.82, 2.24) is 15.1 Å². The summed E-state index contributed by atoms with van der Waals surface area (Å²) < 4.78 is 16.1. The summed E-state index contributed by atoms with van der Waals surface area (Å²) in [7, 11) is 9.72. The maximum Gasteiger partial charge on any atom is 0.118 e. The van der Waals surface area contributed by atoms with Gasteiger partial charge in [0.2, 0.25) is 0 Å². The lowest BCUT2D eigenvalue weighted by molar-refractivity contribution is 0.160. The van der Waals surface area contributed by atoms with Crippen LogP contribution < -0.4 is 5.32 Å². The van der Waals surface area contributed by atoms with Gasteiger partial charge < -0.3 is 29.3 Å². The number of rotatable bonds is 18. The molecular weight excluding hydrogens is 498 g/mol. The Morgan fingerprint density at radius 1 is 0.950 bits per heavy atom. The molecule has 0 heterocycles. The molecule has 0 amide bonds. The molecule has 0 aromatic rings. The number of nitrogens with zero attached hydrogens (tertiary/aromatic N) is 2. The van der Waals surface area contributed by atoms with E-state index >= 15 is 0 Å². The highest BCUT2D eigenvalue weighted by Crippen LogP contribution is 2.16. The fraction of sp³-hybridized carbons (Fsp3) is 0.765. The quantitative estimate of drug-likeness (QED) is 0.102. The zero-order chi connectivity index (χ0) is 31.6. The predicted molar refractivity (Wildman–Crippen MR) is 178 cm³/mol. The molecule has 0 rings (SSSR count). The van der Waals surface area contributed by atoms with E-state index in [2.05, 4.69) is 89.8 Å². The number of unbranched alkanes of at least 4 members (excludes halogenated alkanes) is 1. The van der Waals surface area contributed by atoms with Gasteiger partial charge in [0.05, 0.1) is 26.6 Å². The molecule has 0 aromatic carbocycles. The summed E-state index contributed by atoms with van der Waals surface area (Å²) in [5.74, 6) is 2.74. The van der Waals surface area contributed by atoms with Crippen LogP contribution in [0.25, 0.3) is 0 Å². The van der Waals surface area contributed by atoms with Crippen molar-refractivity contribution in [3.05, 3.63) is 47.2 Å². The van der Waals surface area contributed by atoms with Gasteiger partial charge in [0, 0.05) is 17.7 Å². The fourth-order valence-electron chi connectivity index (χ4n) is 3.41. The molecule has 0 bridgehead atoms. The van der Waals surface area contributed by atoms with Crippen LogP contribution in [0.1, 0.15) is 101 Å². The highest BCUT2D eigenvalue weighted by Gasteiger charge is 2.15. The van der Waals surface area contributed by atoms with Crippen molar-refractivity contribution in [2.45, 2.75) is 113 Å². The molecule has 1 atom stereocenters. The molecule has 0 fully saturated rings. The lowest BCUT2D eigenvalue weighted by Gasteiger charge is -2.31. The van der Waals surface area contributed by atoms with Crippen LogP contribution in [-0.4, -0.2) is 83.0 Å². The molecule has 1 unspecified atom stereocenters. The smallest absolute Gasteiger partial charge is 0.118 e. The van der Waals surface area contributed by atoms with Crippen molar-refractivity contribution < 1.29 is 14.2 Å². The van der Waals surface area contributed by atoms with Gasteiger partial charge in [-0.2, -0.15) is 0 Å². The minimum Gasteiger partial charge on any atom is -0.501 e. The molecular formula is C34H69N3O3. The SMILES string of the molecule is C/C=C(OCCCCN(C)C(C)(C)C)\C(C)=C/CC(C)N(C)CCCNC.CC.CC/C=C(\C=C(/C)OC)OC. The number of nitrogens with one attached hydrogen (secondary N) is 1. The summed E-state index contributed by atoms with van der Waals surface area (Å²) in [6.45, 7) is 25.4. The Balaban J connectivity index is -0.000000877. The monoisotopic (exact) mass is 568 g/mol. The van der Waals surface area contributed by atoms with Gasteiger partial charge in [-0.1, -0.05) is 26.8 Å². The van der Waals surface area contributed by atoms with Crippen LogP contribution in [0.4, 0.5) is 0 Å². The lowest BCUT2D eigenvalue weighted by atomic mass is 10.1. The second-order valence-corrected chi connectivity index (χ2v) is 10.9. The van der Waals surface area contributed by atoms with E-state index in [1.807, 2.05) is 40.0 Å². The standard InChI is InChI=1S/C23H47N3O.C9H16O2.C2H6/c1-10-22(27-19-12-11-18-26(9)23(4,5)6)20(2)14-15-21(3)25(8)17-13-16-24-7;1-5-6-9(11-4)7-8(2)10-3;1-2/h10,14,21,24H,11-13,15-19H2,1-9H3;6-7H,5H2,1-4H3;1-2H3/b20-14-,22-10+;8-7+,9-6+;. The summed E-state index contributed by atoms with van der Waals surface area (Å²) in [6.07, 6.45) is 13.8. The Morgan fingerprint density at radius 3 is 2.05 bits per heavy atom. The lowest BCUT2D eigenvalue weighted by Crippen LogP contribution is -2.38. The summed E-state index contributed by atoms with van der Waals surface area (Å²) in [5.41, 5.74) is 1.49. The Kier molecular flexibility index (Phi) is 29.3. The highest BCUT2D eigenvalue weighted by molar-refractivity contribution is 5.23. The van der Waals surface area contributed by atoms with E-state index in [0.29, 0.717) is 6.04 Å². The highest BCUT2D eigenvalue weighted by atomic mass is 16.5. The van der Waals surface area contributed by atoms with Crippen LogP contribution in [0.5, 0.6) is 0 Å². The largest absolute Gasteiger partial charge is 0.501 e. The van der Waals surface area contributed by atoms with Gasteiger partial charge in [0.1, 0.15) is 11.5 Å². The van der Waals surface area contributed by atoms with E-state index in [4.69, 9.17) is 14.2 Å². The topological polar surface area (TPSA) is 46.2 Å². The van der Waals surface area contributed by atoms with Crippen molar-refractivity contribution in [3.63, 3.8) is 0 Å². The maximum absolute atomic E-state index is 6.05. The van der Waals surface area contributed by atoms with Crippen molar-refractivity contribution in [2.75, 3.05) is 61.6 Å². The van der Waals surface area contributed by atoms with Crippen LogP contribution in [-0.2, 0) is 14.2 Å². The molecule has 0 aliphatic carbocycles. The number of methoxy groups -OCH3 is 2. The molecule has 40 heavy (non-hydrogen) atoms. The van der Waals surface area contributed by atoms with Crippen molar-refractivity contribution in [3.8, 4) is 0 Å². The van der Waals surface area contributed by atoms with Gasteiger partial charge in [-0.15, -0.1) is 0 Å². The van der Waals surface area contributed by atoms with Gasteiger partial charge in [0.15, 0.2) is 0 Å². The molecule has 6 nitrogen and oxygen atoms in total. The van der Waals surface area contributed by atoms with Crippen molar-refractivity contribution in [1.29, 1.82) is 0 Å². The first-order valence-electron chi connectivity index (χ1n) is 15.4. The molecule has 238 valence electrons. The summed E-state index contributed by atoms with van der Waals surface area (Å²) in [6, 6.07) is 0.544. The van der Waals surface area contributed by atoms with E-state index in [1.54, 1.807) is 14.2 Å². The zero-order valence-corrected chi connectivity index (χ0v) is 29.4. The molecule has 0 aliphatic rings. The number of allylic oxidation sites excluding steroid dienone is 5. The van der Waals surface area contributed by atoms with Crippen LogP contribution in [0.3, 0.4) is 0 Å². The third-order valence-corrected chi connectivity index (χ3v) is 6.71. The molecule has 0 saturated heterocycles. The molecule has 0 aromatic heterocycles. The minimum absolute atomic E-state index is 0.242. The second-order valence-electron chi connectivity index (χ2n) is 10.9. The average Bonchev–Trinajstić information content (AvgIpc) is 2.93. The van der Waals surface area contributed by atoms with E-state index in [9.17, 15) is 0 Å². The summed E-state index contributed by atoms with van der Waals surface area (Å²) >= 11 is 0. The number of ether oxygens (including phenoxy) is 3. The van der Waals surface area contributed by atoms with Gasteiger partial charge in [-0.05, 0) is 139 Å². The Bertz CT molecular complexity index is 706. The maximum atomic E-state index is 6.05. The Morgan fingerprint density at radius 2 is 1.57 bits per heavy atom. The third kappa shape index (κ3) is 24.1. The first-order chi connectivity index (χ1) is 18.9. The van der Waals surface area contributed by atoms with E-state index in [0.717, 1.165) is 62.8 Å². The van der Waals surface area contributed by atoms with Crippen molar-refractivity contribution in [2.24, 2.45) is 0 Å². The van der Waals surface area contributed by atoms with Gasteiger partial charge in [0.25, 0.3) is 0 Å². The fourth-order valence-corrected chi connectivity index (χ4v) is 3.41. The molecule has 6 heteroatoms. The Hall–Kier alpha value is -1.76. The summed E-state index contributed by atoms with van der Waals surface area (Å²) in [5, 5.41) is 3.21. The normalized spacial score (nSPS) is 13.8. The zero-order valence-electron chi connectivity index (χ0n) is 29.4. The second kappa shape index (κ2) is 27.4. The Labute approximate surface area is 250 Å². The minimum atomic E-state index is 0.242. The molecule has 0 saturated carbocycles. The molecule has 0 radical (unpaired) electrons. The van der Waals surface area contributed by atoms with Gasteiger partial charge in [-0.3, -0.25) is 0 Å². The first-order valence-corrected chi connectivity index (χ1v) is 15.4. The summed E-state index contributed by atoms with van der Waals surface area (Å²) in [4.78, 5) is 4.84. The van der Waals surface area contributed by atoms with Crippen molar-refractivity contribution >= 4 is 0 Å². The number of hydrogen-bond acceptors (Lipinski definition) is 6. The third-order valence-electron chi connectivity index (χ3n) is 6.71.